The first kappa shape index (κ1) is 85.5. The third kappa shape index (κ3) is 24.2. The van der Waals surface area contributed by atoms with Gasteiger partial charge in [0, 0.05) is 56.7 Å². The van der Waals surface area contributed by atoms with Crippen LogP contribution >= 0.6 is 58.3 Å². The number of thioether (sulfide) groups is 2. The first-order valence-electron chi connectivity index (χ1n) is 35.5. The molecule has 16 nitrogen and oxygen atoms in total. The molecule has 0 spiro atoms. The van der Waals surface area contributed by atoms with Crippen LogP contribution in [0.4, 0.5) is 0 Å². The Balaban J connectivity index is 0.000000201. The van der Waals surface area contributed by atoms with Crippen molar-refractivity contribution in [3.8, 4) is 0 Å². The van der Waals surface area contributed by atoms with Gasteiger partial charge >= 0.3 is 66.3 Å². The van der Waals surface area contributed by atoms with Gasteiger partial charge in [0.05, 0.1) is 22.5 Å². The Morgan fingerprint density at radius 2 is 0.712 bits per heavy atom. The number of benzene rings is 12. The van der Waals surface area contributed by atoms with Crippen molar-refractivity contribution in [2.24, 2.45) is 0 Å². The van der Waals surface area contributed by atoms with Crippen molar-refractivity contribution < 1.29 is 84.7 Å². The molecule has 4 N–H and O–H groups in total. The summed E-state index contributed by atoms with van der Waals surface area (Å²) in [5.74, 6) is 1.29. The molecule has 0 bridgehead atoms. The van der Waals surface area contributed by atoms with Gasteiger partial charge in [0.2, 0.25) is 0 Å². The zero-order valence-corrected chi connectivity index (χ0v) is 68.5. The number of ether oxygens (including phenoxy) is 1. The third-order valence-electron chi connectivity index (χ3n) is 18.3. The number of H-pyrrole nitrogens is 1. The number of nitrogens with one attached hydrogen (secondary N) is 1. The molecule has 0 amide bonds. The summed E-state index contributed by atoms with van der Waals surface area (Å²) in [6.45, 7) is 4.20. The summed E-state index contributed by atoms with van der Waals surface area (Å²) < 4.78 is 12.4. The summed E-state index contributed by atoms with van der Waals surface area (Å²) in [4.78, 5) is 32.8. The molecule has 0 saturated carbocycles. The first-order valence-corrected chi connectivity index (χ1v) is 39.5. The van der Waals surface area contributed by atoms with Crippen LogP contribution in [-0.2, 0) is 58.0 Å². The van der Waals surface area contributed by atoms with Gasteiger partial charge in [0.1, 0.15) is 17.5 Å². The Kier molecular flexibility index (Phi) is 33.8. The number of fused-ring (bicyclic) bond motifs is 3. The summed E-state index contributed by atoms with van der Waals surface area (Å²) >= 11 is 9.99. The van der Waals surface area contributed by atoms with Crippen LogP contribution in [0, 0.1) is 4.77 Å². The van der Waals surface area contributed by atoms with Crippen LogP contribution in [0.3, 0.4) is 0 Å². The zero-order valence-electron chi connectivity index (χ0n) is 62.9. The summed E-state index contributed by atoms with van der Waals surface area (Å²) in [7, 11) is 0. The predicted octanol–water partition coefficient (Wildman–Crippen LogP) is 13.5. The van der Waals surface area contributed by atoms with E-state index < -0.39 is 11.9 Å². The second kappa shape index (κ2) is 43.9. The Hall–Kier alpha value is -9.54. The molecule has 0 aliphatic carbocycles. The molecule has 3 heterocycles. The van der Waals surface area contributed by atoms with Gasteiger partial charge in [-0.05, 0) is 102 Å². The summed E-state index contributed by atoms with van der Waals surface area (Å²) in [5, 5.41) is 51.2. The van der Waals surface area contributed by atoms with E-state index in [-0.39, 0.29) is 95.0 Å². The van der Waals surface area contributed by atoms with Crippen LogP contribution in [0.2, 0.25) is 0 Å². The minimum atomic E-state index is -0.872. The van der Waals surface area contributed by atoms with E-state index in [1.165, 1.54) is 100 Å². The molecule has 0 atom stereocenters. The molecule has 12 aromatic carbocycles. The van der Waals surface area contributed by atoms with Crippen molar-refractivity contribution >= 4 is 109 Å². The van der Waals surface area contributed by atoms with Gasteiger partial charge in [0.15, 0.2) is 15.1 Å². The molecule has 15 aromatic rings. The van der Waals surface area contributed by atoms with Crippen molar-refractivity contribution in [3.63, 3.8) is 0 Å². The molecule has 0 aliphatic rings. The SMILES string of the molecule is CCOC(=O)CSc1nnc(Cc2ccc3ccccc3c2)n1CC(c1ccccc1)c1ccccc1.O=C(O)CI.O=C(O)CSc1nnc(Cc2ccc3ccccc3c2)n1CC(c1ccccc1)c1ccccc1.S=c1[nH]nc(Cc2ccc3ccccc3c2)n1CC(c1ccccc1)c1ccccc1.[H-].[Li+].[Na+].[OH-]. The van der Waals surface area contributed by atoms with E-state index in [9.17, 15) is 19.5 Å². The minimum absolute atomic E-state index is 0. The fraction of sp³-hybridized carbons (Fsp3) is 0.157. The first-order chi connectivity index (χ1) is 52.9. The average Bonchev–Trinajstić information content (AvgIpc) is 1.61. The van der Waals surface area contributed by atoms with Crippen LogP contribution in [-0.4, -0.2) is 100 Å². The van der Waals surface area contributed by atoms with E-state index in [0.717, 1.165) is 41.2 Å². The number of carboxylic acids is 2. The second-order valence-corrected chi connectivity index (χ2v) is 28.6. The number of halogens is 1. The molecule has 15 rings (SSSR count). The van der Waals surface area contributed by atoms with Crippen LogP contribution in [0.25, 0.3) is 32.3 Å². The predicted molar refractivity (Wildman–Crippen MR) is 447 cm³/mol. The van der Waals surface area contributed by atoms with Gasteiger partial charge in [-0.15, -0.1) is 20.4 Å². The van der Waals surface area contributed by atoms with Crippen LogP contribution < -0.4 is 48.4 Å². The topological polar surface area (TPSA) is 226 Å². The van der Waals surface area contributed by atoms with E-state index in [0.29, 0.717) is 42.5 Å². The van der Waals surface area contributed by atoms with Crippen LogP contribution in [0.5, 0.6) is 0 Å². The molecule has 22 heteroatoms. The number of aliphatic carboxylic acids is 2. The molecule has 0 aliphatic heterocycles. The fourth-order valence-electron chi connectivity index (χ4n) is 13.1. The molecule has 3 aromatic heterocycles. The Morgan fingerprint density at radius 3 is 1.02 bits per heavy atom. The molecule has 0 radical (unpaired) electrons. The number of carbonyl (C=O) groups excluding carboxylic acids is 1. The van der Waals surface area contributed by atoms with Gasteiger partial charge in [-0.2, -0.15) is 5.10 Å². The molecule has 552 valence electrons. The fourth-order valence-corrected chi connectivity index (χ4v) is 14.7. The van der Waals surface area contributed by atoms with Gasteiger partial charge in [-0.1, -0.05) is 355 Å². The van der Waals surface area contributed by atoms with Gasteiger partial charge in [-0.25, -0.2) is 0 Å². The molecule has 111 heavy (non-hydrogen) atoms. The Bertz CT molecular complexity index is 5370. The summed E-state index contributed by atoms with van der Waals surface area (Å²) in [6.07, 6.45) is 1.99. The number of esters is 1. The normalized spacial score (nSPS) is 10.7. The Labute approximate surface area is 709 Å². The maximum atomic E-state index is 12.1. The van der Waals surface area contributed by atoms with Crippen molar-refractivity contribution in [3.05, 3.63) is 382 Å². The van der Waals surface area contributed by atoms with Crippen molar-refractivity contribution in [1.29, 1.82) is 0 Å². The van der Waals surface area contributed by atoms with Crippen molar-refractivity contribution in [2.45, 2.75) is 73.9 Å². The number of aromatic amines is 1. The van der Waals surface area contributed by atoms with Gasteiger partial charge < -0.3 is 35.6 Å². The van der Waals surface area contributed by atoms with Gasteiger partial charge in [0.25, 0.3) is 0 Å². The largest absolute Gasteiger partial charge is 1.00 e. The number of alkyl halides is 1. The quantitative estimate of drug-likeness (QED) is 0.0114. The molecule has 0 saturated heterocycles. The number of aromatic nitrogens is 9. The number of carbonyl (C=O) groups is 3. The van der Waals surface area contributed by atoms with E-state index in [2.05, 4.69) is 293 Å². The Morgan fingerprint density at radius 1 is 0.423 bits per heavy atom. The van der Waals surface area contributed by atoms with E-state index in [1.807, 2.05) is 67.6 Å². The summed E-state index contributed by atoms with van der Waals surface area (Å²) in [6, 6.07) is 108. The van der Waals surface area contributed by atoms with Crippen LogP contribution in [0.15, 0.2) is 320 Å². The van der Waals surface area contributed by atoms with Crippen molar-refractivity contribution in [1.82, 2.24) is 44.3 Å². The zero-order chi connectivity index (χ0) is 74.8. The molecule has 0 fully saturated rings. The maximum absolute atomic E-state index is 12.1. The third-order valence-corrected chi connectivity index (χ3v) is 21.2. The standard InChI is InChI=1S/C31H29N3O2S.C29H25N3O2S.C27H23N3S.C2H3IO2.Li.Na.H2O.H/c1-2-36-30(35)22-37-31-33-32-29(20-23-17-18-24-11-9-10-16-27(24)19-23)34(31)21-28(25-12-5-3-6-13-25)26-14-7-4-8-15-26;33-28(34)20-35-29-31-30-27(18-21-15-16-22-9-7-8-14-25(22)17-21)32(29)19-26(23-10-3-1-4-11-23)24-12-5-2-6-13-24;31-27-29-28-26(18-20-15-16-21-9-7-8-14-24(21)17-20)30(27)19-25(22-10-3-1-4-11-22)23-12-5-2-6-13-23;3-1-2(4)5;;;;/h3-19,28H,2,20-22H2,1H3;1-17,26H,18-20H2,(H,33,34);1-17,25H,18-19H2,(H,29,31);1H2,(H,4,5);;;1H2;/q;;;;2*+1;;-1/p-1. The number of rotatable bonds is 26. The van der Waals surface area contributed by atoms with E-state index >= 15 is 0 Å². The van der Waals surface area contributed by atoms with Gasteiger partial charge in [-0.3, -0.25) is 19.5 Å². The maximum Gasteiger partial charge on any atom is 1.00 e. The second-order valence-electron chi connectivity index (χ2n) is 25.6. The van der Waals surface area contributed by atoms with Crippen LogP contribution in [0.1, 0.15) is 93.6 Å². The number of carboxylic acid groups (broad SMARTS) is 2. The minimum Gasteiger partial charge on any atom is -1.00 e. The van der Waals surface area contributed by atoms with Crippen molar-refractivity contribution in [2.75, 3.05) is 22.5 Å². The van der Waals surface area contributed by atoms with E-state index in [1.54, 1.807) is 22.6 Å². The summed E-state index contributed by atoms with van der Waals surface area (Å²) in [5.41, 5.74) is 10.9. The molecular formula is C89H82ILiN9NaO7S3. The molecular weight excluding hydrogens is 1560 g/mol. The smallest absolute Gasteiger partial charge is 1.00 e. The number of hydrogen-bond acceptors (Lipinski definition) is 13. The average molecular weight is 1640 g/mol. The number of nitrogens with zero attached hydrogens (tertiary/aromatic N) is 8. The number of hydrogen-bond donors (Lipinski definition) is 3. The molecule has 0 unspecified atom stereocenters. The monoisotopic (exact) mass is 1640 g/mol. The van der Waals surface area contributed by atoms with E-state index in [4.69, 9.17) is 22.1 Å².